The number of carbonyl (C=O) groups is 1. The molecule has 0 saturated carbocycles. The summed E-state index contributed by atoms with van der Waals surface area (Å²) in [6, 6.07) is 1.45. The van der Waals surface area contributed by atoms with Crippen LogP contribution in [0.15, 0.2) is 29.6 Å². The number of carboxylic acid groups (broad SMARTS) is 1. The Bertz CT molecular complexity index is 749. The molecule has 0 unspecified atom stereocenters. The molecule has 2 heterocycles. The van der Waals surface area contributed by atoms with Crippen LogP contribution in [0.1, 0.15) is 15.9 Å². The van der Waals surface area contributed by atoms with Crippen molar-refractivity contribution in [3.63, 3.8) is 0 Å². The highest BCUT2D eigenvalue weighted by atomic mass is 32.2. The van der Waals surface area contributed by atoms with Gasteiger partial charge in [0.05, 0.1) is 18.0 Å². The summed E-state index contributed by atoms with van der Waals surface area (Å²) in [4.78, 5) is 14.9. The molecule has 0 atom stereocenters. The molecule has 0 amide bonds. The topological polar surface area (TPSA) is 102 Å². The fourth-order valence-corrected chi connectivity index (χ4v) is 2.07. The molecule has 100 valence electrons. The van der Waals surface area contributed by atoms with Crippen LogP contribution in [0.4, 0.5) is 0 Å². The maximum atomic E-state index is 11.4. The third kappa shape index (κ3) is 2.63. The van der Waals surface area contributed by atoms with Crippen molar-refractivity contribution in [3.05, 3.63) is 35.8 Å². The average molecular weight is 281 g/mol. The van der Waals surface area contributed by atoms with Crippen LogP contribution in [0, 0.1) is 6.92 Å². The Hall–Kier alpha value is -2.22. The van der Waals surface area contributed by atoms with E-state index < -0.39 is 15.8 Å². The van der Waals surface area contributed by atoms with Gasteiger partial charge in [0.2, 0.25) is 0 Å². The molecule has 19 heavy (non-hydrogen) atoms. The van der Waals surface area contributed by atoms with Crippen LogP contribution in [-0.4, -0.2) is 40.5 Å². The molecule has 2 rings (SSSR count). The van der Waals surface area contributed by atoms with Crippen molar-refractivity contribution >= 4 is 15.8 Å². The van der Waals surface area contributed by atoms with Crippen LogP contribution < -0.4 is 0 Å². The van der Waals surface area contributed by atoms with E-state index in [0.717, 1.165) is 6.26 Å². The third-order valence-corrected chi connectivity index (χ3v) is 3.57. The third-order valence-electron chi connectivity index (χ3n) is 2.50. The minimum atomic E-state index is -3.33. The molecule has 7 nitrogen and oxygen atoms in total. The lowest BCUT2D eigenvalue weighted by Crippen LogP contribution is -2.05. The van der Waals surface area contributed by atoms with E-state index in [1.807, 2.05) is 0 Å². The number of aromatic carboxylic acids is 1. The zero-order chi connectivity index (χ0) is 14.2. The second kappa shape index (κ2) is 4.47. The quantitative estimate of drug-likeness (QED) is 0.887. The number of rotatable bonds is 3. The monoisotopic (exact) mass is 281 g/mol. The van der Waals surface area contributed by atoms with E-state index in [1.54, 1.807) is 6.92 Å². The maximum Gasteiger partial charge on any atom is 0.337 e. The van der Waals surface area contributed by atoms with E-state index >= 15 is 0 Å². The minimum Gasteiger partial charge on any atom is -0.478 e. The minimum absolute atomic E-state index is 0.0664. The van der Waals surface area contributed by atoms with Crippen molar-refractivity contribution in [2.24, 2.45) is 0 Å². The van der Waals surface area contributed by atoms with Gasteiger partial charge in [-0.2, -0.15) is 5.10 Å². The van der Waals surface area contributed by atoms with E-state index in [2.05, 4.69) is 10.1 Å². The summed E-state index contributed by atoms with van der Waals surface area (Å²) < 4.78 is 24.0. The number of pyridine rings is 1. The predicted octanol–water partition coefficient (Wildman–Crippen LogP) is 0.677. The predicted molar refractivity (Wildman–Crippen MR) is 66.2 cm³/mol. The first kappa shape index (κ1) is 13.2. The fraction of sp³-hybridized carbons (Fsp3) is 0.182. The number of aryl methyl sites for hydroxylation is 1. The number of carboxylic acids is 1. The summed E-state index contributed by atoms with van der Waals surface area (Å²) >= 11 is 0. The van der Waals surface area contributed by atoms with Gasteiger partial charge < -0.3 is 5.11 Å². The normalized spacial score (nSPS) is 11.5. The molecule has 0 spiro atoms. The van der Waals surface area contributed by atoms with Crippen LogP contribution >= 0.6 is 0 Å². The van der Waals surface area contributed by atoms with Crippen LogP contribution in [-0.2, 0) is 9.84 Å². The lowest BCUT2D eigenvalue weighted by Gasteiger charge is -2.05. The molecular formula is C11H11N3O4S. The Morgan fingerprint density at radius 3 is 2.53 bits per heavy atom. The van der Waals surface area contributed by atoms with Gasteiger partial charge in [0.1, 0.15) is 4.90 Å². The molecule has 0 bridgehead atoms. The Morgan fingerprint density at radius 2 is 2.05 bits per heavy atom. The molecule has 2 aromatic rings. The van der Waals surface area contributed by atoms with Crippen molar-refractivity contribution in [3.8, 4) is 5.82 Å². The highest BCUT2D eigenvalue weighted by Crippen LogP contribution is 2.15. The highest BCUT2D eigenvalue weighted by molar-refractivity contribution is 7.90. The van der Waals surface area contributed by atoms with E-state index in [9.17, 15) is 13.2 Å². The van der Waals surface area contributed by atoms with Gasteiger partial charge in [-0.05, 0) is 18.6 Å². The van der Waals surface area contributed by atoms with Crippen molar-refractivity contribution in [2.45, 2.75) is 11.8 Å². The second-order valence-corrected chi connectivity index (χ2v) is 6.08. The first-order chi connectivity index (χ1) is 8.79. The molecule has 0 aromatic carbocycles. The van der Waals surface area contributed by atoms with Crippen LogP contribution in [0.2, 0.25) is 0 Å². The second-order valence-electron chi connectivity index (χ2n) is 4.06. The molecule has 0 fully saturated rings. The number of sulfone groups is 1. The van der Waals surface area contributed by atoms with Crippen molar-refractivity contribution < 1.29 is 18.3 Å². The summed E-state index contributed by atoms with van der Waals surface area (Å²) in [7, 11) is -3.33. The van der Waals surface area contributed by atoms with Gasteiger partial charge in [0.15, 0.2) is 15.7 Å². The number of hydrogen-bond donors (Lipinski definition) is 1. The van der Waals surface area contributed by atoms with Gasteiger partial charge in [-0.1, -0.05) is 0 Å². The van der Waals surface area contributed by atoms with E-state index in [0.29, 0.717) is 11.4 Å². The summed E-state index contributed by atoms with van der Waals surface area (Å²) in [6.45, 7) is 1.68. The Morgan fingerprint density at radius 1 is 1.37 bits per heavy atom. The van der Waals surface area contributed by atoms with Crippen molar-refractivity contribution in [2.75, 3.05) is 6.26 Å². The zero-order valence-electron chi connectivity index (χ0n) is 10.2. The lowest BCUT2D eigenvalue weighted by atomic mass is 10.2. The molecule has 0 aliphatic heterocycles. The molecule has 0 saturated heterocycles. The van der Waals surface area contributed by atoms with Crippen molar-refractivity contribution in [1.82, 2.24) is 14.8 Å². The van der Waals surface area contributed by atoms with E-state index in [4.69, 9.17) is 5.11 Å². The molecule has 0 aliphatic carbocycles. The summed E-state index contributed by atoms with van der Waals surface area (Å²) in [5.41, 5.74) is 0.653. The maximum absolute atomic E-state index is 11.4. The standard InChI is InChI=1S/C11H11N3O4S/c1-7-3-8(11(15)16)4-12-10(7)14-6-9(5-13-14)19(2,17)18/h3-6H,1-2H3,(H,15,16). The van der Waals surface area contributed by atoms with Crippen LogP contribution in [0.3, 0.4) is 0 Å². The fourth-order valence-electron chi connectivity index (χ4n) is 1.54. The van der Waals surface area contributed by atoms with Gasteiger partial charge in [-0.3, -0.25) is 0 Å². The van der Waals surface area contributed by atoms with E-state index in [-0.39, 0.29) is 10.5 Å². The smallest absolute Gasteiger partial charge is 0.337 e. The first-order valence-electron chi connectivity index (χ1n) is 5.24. The average Bonchev–Trinajstić information content (AvgIpc) is 2.77. The molecular weight excluding hydrogens is 270 g/mol. The summed E-state index contributed by atoms with van der Waals surface area (Å²) in [5, 5.41) is 12.8. The zero-order valence-corrected chi connectivity index (χ0v) is 11.0. The van der Waals surface area contributed by atoms with Gasteiger partial charge in [0, 0.05) is 12.5 Å². The number of hydrogen-bond acceptors (Lipinski definition) is 5. The molecule has 1 N–H and O–H groups in total. The molecule has 0 aliphatic rings. The summed E-state index contributed by atoms with van der Waals surface area (Å²) in [5.74, 6) is -0.681. The lowest BCUT2D eigenvalue weighted by molar-refractivity contribution is 0.0696. The highest BCUT2D eigenvalue weighted by Gasteiger charge is 2.13. The van der Waals surface area contributed by atoms with Crippen LogP contribution in [0.5, 0.6) is 0 Å². The first-order valence-corrected chi connectivity index (χ1v) is 7.13. The SMILES string of the molecule is Cc1cc(C(=O)O)cnc1-n1cc(S(C)(=O)=O)cn1. The summed E-state index contributed by atoms with van der Waals surface area (Å²) in [6.07, 6.45) is 4.85. The largest absolute Gasteiger partial charge is 0.478 e. The van der Waals surface area contributed by atoms with Gasteiger partial charge in [-0.25, -0.2) is 22.9 Å². The van der Waals surface area contributed by atoms with Gasteiger partial charge in [0.25, 0.3) is 0 Å². The van der Waals surface area contributed by atoms with E-state index in [1.165, 1.54) is 29.3 Å². The van der Waals surface area contributed by atoms with Gasteiger partial charge in [-0.15, -0.1) is 0 Å². The van der Waals surface area contributed by atoms with Gasteiger partial charge >= 0.3 is 5.97 Å². The number of aromatic nitrogens is 3. The Balaban J connectivity index is 2.48. The molecule has 2 aromatic heterocycles. The molecule has 0 radical (unpaired) electrons. The Kier molecular flexibility index (Phi) is 3.11. The van der Waals surface area contributed by atoms with Crippen molar-refractivity contribution in [1.29, 1.82) is 0 Å². The number of nitrogens with zero attached hydrogens (tertiary/aromatic N) is 3. The Labute approximate surface area is 109 Å². The van der Waals surface area contributed by atoms with Crippen LogP contribution in [0.25, 0.3) is 5.82 Å². The molecule has 8 heteroatoms.